The van der Waals surface area contributed by atoms with Crippen LogP contribution in [-0.2, 0) is 4.79 Å². The smallest absolute Gasteiger partial charge is 0.226 e. The number of halogens is 3. The van der Waals surface area contributed by atoms with Crippen molar-refractivity contribution in [3.63, 3.8) is 0 Å². The van der Waals surface area contributed by atoms with Crippen LogP contribution >= 0.6 is 0 Å². The topological polar surface area (TPSA) is 41.1 Å². The molecule has 3 nitrogen and oxygen atoms in total. The number of carbonyl (C=O) groups is 1. The van der Waals surface area contributed by atoms with Crippen molar-refractivity contribution < 1.29 is 18.0 Å². The lowest BCUT2D eigenvalue weighted by atomic mass is 9.79. The predicted octanol–water partition coefficient (Wildman–Crippen LogP) is 3.35. The molecule has 1 fully saturated rings. The van der Waals surface area contributed by atoms with Crippen LogP contribution in [0.3, 0.4) is 0 Å². The molecule has 1 aliphatic carbocycles. The van der Waals surface area contributed by atoms with Gasteiger partial charge in [-0.1, -0.05) is 19.3 Å². The molecule has 0 heterocycles. The van der Waals surface area contributed by atoms with E-state index < -0.39 is 23.4 Å². The fourth-order valence-electron chi connectivity index (χ4n) is 2.86. The third kappa shape index (κ3) is 3.75. The summed E-state index contributed by atoms with van der Waals surface area (Å²) >= 11 is 0. The van der Waals surface area contributed by atoms with Gasteiger partial charge in [-0.3, -0.25) is 4.79 Å². The van der Waals surface area contributed by atoms with Gasteiger partial charge >= 0.3 is 0 Å². The molecular formula is C15H19F3N2O. The van der Waals surface area contributed by atoms with Gasteiger partial charge in [-0.2, -0.15) is 0 Å². The molecule has 0 spiro atoms. The highest BCUT2D eigenvalue weighted by Gasteiger charge is 2.32. The Morgan fingerprint density at radius 3 is 2.33 bits per heavy atom. The molecule has 1 aromatic carbocycles. The first-order chi connectivity index (χ1) is 9.96. The minimum Gasteiger partial charge on any atom is -0.323 e. The van der Waals surface area contributed by atoms with E-state index in [4.69, 9.17) is 0 Å². The molecule has 1 saturated carbocycles. The molecule has 1 amide bonds. The molecule has 21 heavy (non-hydrogen) atoms. The number of hydrogen-bond acceptors (Lipinski definition) is 2. The van der Waals surface area contributed by atoms with Crippen molar-refractivity contribution in [2.24, 2.45) is 0 Å². The maximum Gasteiger partial charge on any atom is 0.226 e. The first kappa shape index (κ1) is 15.8. The molecule has 0 unspecified atom stereocenters. The lowest BCUT2D eigenvalue weighted by molar-refractivity contribution is -0.118. The Hall–Kier alpha value is -1.56. The average molecular weight is 300 g/mol. The SMILES string of the molecule is CNC1(CC(=O)Nc2cc(F)c(F)cc2F)CCCCC1. The zero-order valence-electron chi connectivity index (χ0n) is 11.9. The molecule has 1 aromatic rings. The van der Waals surface area contributed by atoms with Crippen LogP contribution in [0.4, 0.5) is 18.9 Å². The number of anilines is 1. The van der Waals surface area contributed by atoms with E-state index in [0.717, 1.165) is 32.1 Å². The summed E-state index contributed by atoms with van der Waals surface area (Å²) in [5.74, 6) is -3.85. The quantitative estimate of drug-likeness (QED) is 0.837. The summed E-state index contributed by atoms with van der Waals surface area (Å²) in [5, 5.41) is 5.50. The summed E-state index contributed by atoms with van der Waals surface area (Å²) in [6.07, 6.45) is 5.14. The molecule has 0 saturated heterocycles. The molecule has 116 valence electrons. The average Bonchev–Trinajstić information content (AvgIpc) is 2.45. The Balaban J connectivity index is 2.06. The van der Waals surface area contributed by atoms with Gasteiger partial charge in [0.15, 0.2) is 11.6 Å². The van der Waals surface area contributed by atoms with Gasteiger partial charge in [0.25, 0.3) is 0 Å². The second-order valence-electron chi connectivity index (χ2n) is 5.56. The summed E-state index contributed by atoms with van der Waals surface area (Å²) in [5.41, 5.74) is -0.627. The van der Waals surface area contributed by atoms with Gasteiger partial charge in [0.05, 0.1) is 5.69 Å². The van der Waals surface area contributed by atoms with Gasteiger partial charge in [-0.25, -0.2) is 13.2 Å². The first-order valence-corrected chi connectivity index (χ1v) is 7.09. The molecule has 0 aromatic heterocycles. The van der Waals surface area contributed by atoms with Crippen LogP contribution in [-0.4, -0.2) is 18.5 Å². The molecule has 0 aliphatic heterocycles. The summed E-state index contributed by atoms with van der Waals surface area (Å²) in [4.78, 5) is 12.1. The fraction of sp³-hybridized carbons (Fsp3) is 0.533. The van der Waals surface area contributed by atoms with Crippen LogP contribution in [0, 0.1) is 17.5 Å². The highest BCUT2D eigenvalue weighted by atomic mass is 19.2. The molecule has 2 N–H and O–H groups in total. The number of benzene rings is 1. The second kappa shape index (κ2) is 6.47. The maximum absolute atomic E-state index is 13.5. The lowest BCUT2D eigenvalue weighted by Gasteiger charge is -2.36. The molecule has 0 radical (unpaired) electrons. The zero-order chi connectivity index (χ0) is 15.5. The van der Waals surface area contributed by atoms with Gasteiger partial charge in [0, 0.05) is 24.1 Å². The van der Waals surface area contributed by atoms with Gasteiger partial charge < -0.3 is 10.6 Å². The van der Waals surface area contributed by atoms with E-state index in [0.29, 0.717) is 12.1 Å². The monoisotopic (exact) mass is 300 g/mol. The first-order valence-electron chi connectivity index (χ1n) is 7.09. The zero-order valence-corrected chi connectivity index (χ0v) is 11.9. The van der Waals surface area contributed by atoms with Crippen LogP contribution in [0.1, 0.15) is 38.5 Å². The molecule has 1 aliphatic rings. The molecule has 2 rings (SSSR count). The minimum atomic E-state index is -1.27. The van der Waals surface area contributed by atoms with Crippen LogP contribution in [0.15, 0.2) is 12.1 Å². The summed E-state index contributed by atoms with van der Waals surface area (Å²) in [6.45, 7) is 0. The van der Waals surface area contributed by atoms with Gasteiger partial charge in [-0.15, -0.1) is 0 Å². The summed E-state index contributed by atoms with van der Waals surface area (Å²) in [7, 11) is 1.80. The van der Waals surface area contributed by atoms with Crippen molar-refractivity contribution >= 4 is 11.6 Å². The molecule has 0 atom stereocenters. The highest BCUT2D eigenvalue weighted by Crippen LogP contribution is 2.31. The van der Waals surface area contributed by atoms with Crippen molar-refractivity contribution in [1.29, 1.82) is 0 Å². The van der Waals surface area contributed by atoms with Crippen LogP contribution in [0.25, 0.3) is 0 Å². The van der Waals surface area contributed by atoms with E-state index in [-0.39, 0.29) is 17.6 Å². The predicted molar refractivity (Wildman–Crippen MR) is 74.4 cm³/mol. The van der Waals surface area contributed by atoms with E-state index in [9.17, 15) is 18.0 Å². The third-order valence-electron chi connectivity index (χ3n) is 4.12. The lowest BCUT2D eigenvalue weighted by Crippen LogP contribution is -2.47. The largest absolute Gasteiger partial charge is 0.323 e. The van der Waals surface area contributed by atoms with E-state index in [1.807, 2.05) is 0 Å². The van der Waals surface area contributed by atoms with E-state index >= 15 is 0 Å². The standard InChI is InChI=1S/C15H19F3N2O/c1-19-15(5-3-2-4-6-15)9-14(21)20-13-8-11(17)10(16)7-12(13)18/h7-8,19H,2-6,9H2,1H3,(H,20,21). The Morgan fingerprint density at radius 1 is 1.10 bits per heavy atom. The van der Waals surface area contributed by atoms with Crippen LogP contribution < -0.4 is 10.6 Å². The number of hydrogen-bond donors (Lipinski definition) is 2. The van der Waals surface area contributed by atoms with Crippen molar-refractivity contribution in [3.8, 4) is 0 Å². The Labute approximate surface area is 121 Å². The Kier molecular flexibility index (Phi) is 4.88. The molecule has 6 heteroatoms. The van der Waals surface area contributed by atoms with E-state index in [1.165, 1.54) is 0 Å². The molecular weight excluding hydrogens is 281 g/mol. The van der Waals surface area contributed by atoms with Crippen LogP contribution in [0.2, 0.25) is 0 Å². The van der Waals surface area contributed by atoms with Crippen molar-refractivity contribution in [2.45, 2.75) is 44.1 Å². The van der Waals surface area contributed by atoms with E-state index in [2.05, 4.69) is 10.6 Å². The summed E-state index contributed by atoms with van der Waals surface area (Å²) in [6, 6.07) is 1.09. The second-order valence-corrected chi connectivity index (χ2v) is 5.56. The molecule has 0 bridgehead atoms. The number of amides is 1. The fourth-order valence-corrected chi connectivity index (χ4v) is 2.86. The number of rotatable bonds is 4. The Morgan fingerprint density at radius 2 is 1.71 bits per heavy atom. The van der Waals surface area contributed by atoms with Gasteiger partial charge in [0.2, 0.25) is 5.91 Å². The number of carbonyl (C=O) groups excluding carboxylic acids is 1. The third-order valence-corrected chi connectivity index (χ3v) is 4.12. The van der Waals surface area contributed by atoms with Gasteiger partial charge in [-0.05, 0) is 19.9 Å². The normalized spacial score (nSPS) is 17.5. The maximum atomic E-state index is 13.5. The minimum absolute atomic E-state index is 0.182. The summed E-state index contributed by atoms with van der Waals surface area (Å²) < 4.78 is 39.5. The van der Waals surface area contributed by atoms with E-state index in [1.54, 1.807) is 7.05 Å². The van der Waals surface area contributed by atoms with Crippen LogP contribution in [0.5, 0.6) is 0 Å². The highest BCUT2D eigenvalue weighted by molar-refractivity contribution is 5.91. The Bertz CT molecular complexity index is 528. The number of nitrogens with one attached hydrogen (secondary N) is 2. The van der Waals surface area contributed by atoms with Crippen molar-refractivity contribution in [2.75, 3.05) is 12.4 Å². The van der Waals surface area contributed by atoms with Crippen molar-refractivity contribution in [3.05, 3.63) is 29.6 Å². The van der Waals surface area contributed by atoms with Crippen molar-refractivity contribution in [1.82, 2.24) is 5.32 Å². The van der Waals surface area contributed by atoms with Gasteiger partial charge in [0.1, 0.15) is 5.82 Å².